The van der Waals surface area contributed by atoms with Crippen LogP contribution in [0.4, 0.5) is 0 Å². The number of carbonyl (C=O) groups is 1. The van der Waals surface area contributed by atoms with Gasteiger partial charge in [0.05, 0.1) is 17.4 Å². The Morgan fingerprint density at radius 1 is 1.22 bits per heavy atom. The Bertz CT molecular complexity index is 672. The molecule has 1 saturated heterocycles. The van der Waals surface area contributed by atoms with Crippen LogP contribution < -0.4 is 0 Å². The quantitative estimate of drug-likeness (QED) is 0.826. The molecule has 23 heavy (non-hydrogen) atoms. The van der Waals surface area contributed by atoms with Gasteiger partial charge in [-0.15, -0.1) is 0 Å². The molecular formula is C17H21BrN4O. The number of nitrogens with zero attached hydrogens (tertiary/aromatic N) is 4. The van der Waals surface area contributed by atoms with E-state index in [-0.39, 0.29) is 5.91 Å². The Morgan fingerprint density at radius 2 is 1.87 bits per heavy atom. The molecule has 1 aromatic heterocycles. The third-order valence-corrected chi connectivity index (χ3v) is 4.93. The fraction of sp³-hybridized carbons (Fsp3) is 0.412. The molecule has 3 rings (SSSR count). The van der Waals surface area contributed by atoms with E-state index in [1.807, 2.05) is 35.4 Å². The van der Waals surface area contributed by atoms with Crippen molar-refractivity contribution in [3.8, 4) is 5.69 Å². The summed E-state index contributed by atoms with van der Waals surface area (Å²) < 4.78 is 2.76. The van der Waals surface area contributed by atoms with Crippen LogP contribution in [0.15, 0.2) is 41.1 Å². The van der Waals surface area contributed by atoms with Gasteiger partial charge in [0, 0.05) is 29.8 Å². The van der Waals surface area contributed by atoms with Crippen LogP contribution in [0, 0.1) is 0 Å². The van der Waals surface area contributed by atoms with Gasteiger partial charge in [-0.1, -0.05) is 15.9 Å². The van der Waals surface area contributed by atoms with Gasteiger partial charge in [-0.25, -0.2) is 4.68 Å². The van der Waals surface area contributed by atoms with Crippen LogP contribution in [0.25, 0.3) is 5.69 Å². The number of benzene rings is 1. The van der Waals surface area contributed by atoms with Crippen LogP contribution in [0.3, 0.4) is 0 Å². The van der Waals surface area contributed by atoms with Gasteiger partial charge in [-0.3, -0.25) is 4.79 Å². The molecule has 0 bridgehead atoms. The molecule has 1 aromatic carbocycles. The average Bonchev–Trinajstić information content (AvgIpc) is 3.05. The lowest BCUT2D eigenvalue weighted by molar-refractivity contribution is 0.0663. The first-order chi connectivity index (χ1) is 11.0. The number of amides is 1. The predicted octanol–water partition coefficient (Wildman–Crippen LogP) is 2.80. The third-order valence-electron chi connectivity index (χ3n) is 4.40. The van der Waals surface area contributed by atoms with Gasteiger partial charge in [0.1, 0.15) is 0 Å². The molecule has 0 N–H and O–H groups in total. The van der Waals surface area contributed by atoms with Crippen molar-refractivity contribution in [2.75, 3.05) is 27.2 Å². The second-order valence-electron chi connectivity index (χ2n) is 6.14. The SMILES string of the molecule is CN(C)C1CCN(C(=O)c2cnn(-c3ccc(Br)cc3)c2)CC1. The zero-order chi connectivity index (χ0) is 16.4. The lowest BCUT2D eigenvalue weighted by Crippen LogP contribution is -2.44. The summed E-state index contributed by atoms with van der Waals surface area (Å²) in [5, 5.41) is 4.32. The zero-order valence-corrected chi connectivity index (χ0v) is 15.0. The van der Waals surface area contributed by atoms with E-state index in [1.165, 1.54) is 0 Å². The summed E-state index contributed by atoms with van der Waals surface area (Å²) >= 11 is 3.42. The molecule has 0 spiro atoms. The van der Waals surface area contributed by atoms with Crippen LogP contribution >= 0.6 is 15.9 Å². The summed E-state index contributed by atoms with van der Waals surface area (Å²) in [5.74, 6) is 0.0746. The molecule has 2 aromatic rings. The number of likely N-dealkylation sites (tertiary alicyclic amines) is 1. The lowest BCUT2D eigenvalue weighted by Gasteiger charge is -2.35. The smallest absolute Gasteiger partial charge is 0.257 e. The van der Waals surface area contributed by atoms with Crippen molar-refractivity contribution in [1.82, 2.24) is 19.6 Å². The molecule has 5 nitrogen and oxygen atoms in total. The maximum atomic E-state index is 12.6. The van der Waals surface area contributed by atoms with E-state index in [1.54, 1.807) is 10.9 Å². The van der Waals surface area contributed by atoms with Gasteiger partial charge in [-0.05, 0) is 51.2 Å². The highest BCUT2D eigenvalue weighted by atomic mass is 79.9. The zero-order valence-electron chi connectivity index (χ0n) is 13.4. The Balaban J connectivity index is 1.68. The molecule has 1 fully saturated rings. The van der Waals surface area contributed by atoms with E-state index in [0.29, 0.717) is 11.6 Å². The maximum absolute atomic E-state index is 12.6. The van der Waals surface area contributed by atoms with E-state index >= 15 is 0 Å². The summed E-state index contributed by atoms with van der Waals surface area (Å²) in [6.45, 7) is 1.62. The van der Waals surface area contributed by atoms with Crippen molar-refractivity contribution in [2.45, 2.75) is 18.9 Å². The molecule has 1 amide bonds. The average molecular weight is 377 g/mol. The van der Waals surface area contributed by atoms with Crippen LogP contribution in [0.2, 0.25) is 0 Å². The van der Waals surface area contributed by atoms with Gasteiger partial charge >= 0.3 is 0 Å². The first-order valence-corrected chi connectivity index (χ1v) is 8.60. The molecule has 0 saturated carbocycles. The van der Waals surface area contributed by atoms with Gasteiger partial charge in [0.2, 0.25) is 0 Å². The van der Waals surface area contributed by atoms with Crippen LogP contribution in [0.1, 0.15) is 23.2 Å². The number of halogens is 1. The molecule has 0 aliphatic carbocycles. The van der Waals surface area contributed by atoms with Gasteiger partial charge < -0.3 is 9.80 Å². The minimum Gasteiger partial charge on any atom is -0.338 e. The molecule has 122 valence electrons. The minimum atomic E-state index is 0.0746. The molecule has 0 radical (unpaired) electrons. The third kappa shape index (κ3) is 3.64. The summed E-state index contributed by atoms with van der Waals surface area (Å²) in [6, 6.07) is 8.43. The molecule has 1 aliphatic rings. The molecule has 0 atom stereocenters. The Hall–Kier alpha value is -1.66. The fourth-order valence-corrected chi connectivity index (χ4v) is 3.20. The number of aromatic nitrogens is 2. The highest BCUT2D eigenvalue weighted by Crippen LogP contribution is 2.18. The Morgan fingerprint density at radius 3 is 2.48 bits per heavy atom. The molecule has 1 aliphatic heterocycles. The van der Waals surface area contributed by atoms with Crippen LogP contribution in [0.5, 0.6) is 0 Å². The molecule has 6 heteroatoms. The normalized spacial score (nSPS) is 16.1. The van der Waals surface area contributed by atoms with E-state index < -0.39 is 0 Å². The Kier molecular flexibility index (Phi) is 4.82. The number of piperidine rings is 1. The first kappa shape index (κ1) is 16.2. The highest BCUT2D eigenvalue weighted by Gasteiger charge is 2.25. The first-order valence-electron chi connectivity index (χ1n) is 7.81. The summed E-state index contributed by atoms with van der Waals surface area (Å²) in [5.41, 5.74) is 1.59. The van der Waals surface area contributed by atoms with Gasteiger partial charge in [0.25, 0.3) is 5.91 Å². The lowest BCUT2D eigenvalue weighted by atomic mass is 10.0. The van der Waals surface area contributed by atoms with E-state index in [2.05, 4.69) is 40.0 Å². The monoisotopic (exact) mass is 376 g/mol. The minimum absolute atomic E-state index is 0.0746. The maximum Gasteiger partial charge on any atom is 0.257 e. The molecule has 2 heterocycles. The molecule has 0 unspecified atom stereocenters. The number of hydrogen-bond acceptors (Lipinski definition) is 3. The number of rotatable bonds is 3. The fourth-order valence-electron chi connectivity index (χ4n) is 2.94. The van der Waals surface area contributed by atoms with E-state index in [0.717, 1.165) is 36.1 Å². The topological polar surface area (TPSA) is 41.4 Å². The van der Waals surface area contributed by atoms with Crippen LogP contribution in [-0.4, -0.2) is 58.7 Å². The standard InChI is InChI=1S/C17H21BrN4O/c1-20(2)15-7-9-21(10-8-15)17(23)13-11-19-22(12-13)16-5-3-14(18)4-6-16/h3-6,11-12,15H,7-10H2,1-2H3. The van der Waals surface area contributed by atoms with E-state index in [4.69, 9.17) is 0 Å². The highest BCUT2D eigenvalue weighted by molar-refractivity contribution is 9.10. The van der Waals surface area contributed by atoms with Crippen molar-refractivity contribution in [3.05, 3.63) is 46.7 Å². The van der Waals surface area contributed by atoms with Crippen molar-refractivity contribution < 1.29 is 4.79 Å². The summed E-state index contributed by atoms with van der Waals surface area (Å²) in [4.78, 5) is 16.8. The molecular weight excluding hydrogens is 356 g/mol. The van der Waals surface area contributed by atoms with Gasteiger partial charge in [0.15, 0.2) is 0 Å². The van der Waals surface area contributed by atoms with Crippen LogP contribution in [-0.2, 0) is 0 Å². The summed E-state index contributed by atoms with van der Waals surface area (Å²) in [6.07, 6.45) is 5.52. The Labute approximate surface area is 145 Å². The van der Waals surface area contributed by atoms with Crippen molar-refractivity contribution in [2.24, 2.45) is 0 Å². The second kappa shape index (κ2) is 6.84. The van der Waals surface area contributed by atoms with Crippen molar-refractivity contribution in [1.29, 1.82) is 0 Å². The van der Waals surface area contributed by atoms with E-state index in [9.17, 15) is 4.79 Å². The van der Waals surface area contributed by atoms with Crippen molar-refractivity contribution >= 4 is 21.8 Å². The van der Waals surface area contributed by atoms with Crippen molar-refractivity contribution in [3.63, 3.8) is 0 Å². The van der Waals surface area contributed by atoms with Gasteiger partial charge in [-0.2, -0.15) is 5.10 Å². The number of hydrogen-bond donors (Lipinski definition) is 0. The number of carbonyl (C=O) groups excluding carboxylic acids is 1. The predicted molar refractivity (Wildman–Crippen MR) is 93.9 cm³/mol. The summed E-state index contributed by atoms with van der Waals surface area (Å²) in [7, 11) is 4.20. The second-order valence-corrected chi connectivity index (χ2v) is 7.05. The largest absolute Gasteiger partial charge is 0.338 e.